The van der Waals surface area contributed by atoms with Crippen molar-refractivity contribution >= 4 is 27.7 Å². The molecule has 0 saturated heterocycles. The molecule has 0 aliphatic carbocycles. The highest BCUT2D eigenvalue weighted by atomic mass is 32.2. The van der Waals surface area contributed by atoms with E-state index in [2.05, 4.69) is 4.99 Å². The number of carbonyl (C=O) groups excluding carboxylic acids is 2. The van der Waals surface area contributed by atoms with Gasteiger partial charge in [-0.3, -0.25) is 19.5 Å². The monoisotopic (exact) mass is 495 g/mol. The molecule has 2 amide bonds. The van der Waals surface area contributed by atoms with E-state index >= 15 is 0 Å². The lowest BCUT2D eigenvalue weighted by Crippen LogP contribution is -2.40. The van der Waals surface area contributed by atoms with Gasteiger partial charge in [0.15, 0.2) is 0 Å². The Labute approximate surface area is 195 Å². The lowest BCUT2D eigenvalue weighted by atomic mass is 10.0. The summed E-state index contributed by atoms with van der Waals surface area (Å²) in [6.07, 6.45) is -3.86. The molecule has 1 aliphatic heterocycles. The number of hydrogen-bond donors (Lipinski definition) is 1. The zero-order valence-electron chi connectivity index (χ0n) is 18.8. The average Bonchev–Trinajstić information content (AvgIpc) is 2.96. The summed E-state index contributed by atoms with van der Waals surface area (Å²) in [5.74, 6) is -1.98. The summed E-state index contributed by atoms with van der Waals surface area (Å²) >= 11 is 0. The molecule has 182 valence electrons. The van der Waals surface area contributed by atoms with Crippen molar-refractivity contribution in [3.8, 4) is 11.1 Å². The number of benzene rings is 2. The average molecular weight is 496 g/mol. The molecule has 0 radical (unpaired) electrons. The molecule has 0 unspecified atom stereocenters. The smallest absolute Gasteiger partial charge is 0.294 e. The highest BCUT2D eigenvalue weighted by Crippen LogP contribution is 2.30. The van der Waals surface area contributed by atoms with Crippen LogP contribution in [0.4, 0.5) is 13.2 Å². The van der Waals surface area contributed by atoms with Crippen LogP contribution in [0.3, 0.4) is 0 Å². The first-order valence-electron chi connectivity index (χ1n) is 10.5. The number of amides is 2. The molecule has 7 nitrogen and oxygen atoms in total. The summed E-state index contributed by atoms with van der Waals surface area (Å²) in [6, 6.07) is 12.1. The minimum Gasteiger partial charge on any atom is -0.294 e. The molecule has 11 heteroatoms. The highest BCUT2D eigenvalue weighted by molar-refractivity contribution is 7.90. The summed E-state index contributed by atoms with van der Waals surface area (Å²) < 4.78 is 63.7. The zero-order chi connectivity index (χ0) is 25.3. The molecule has 1 heterocycles. The summed E-state index contributed by atoms with van der Waals surface area (Å²) in [4.78, 5) is 29.6. The van der Waals surface area contributed by atoms with Crippen LogP contribution in [0.2, 0.25) is 0 Å². The molecule has 0 fully saturated rings. The van der Waals surface area contributed by atoms with Gasteiger partial charge in [0, 0.05) is 12.0 Å². The third-order valence-corrected chi connectivity index (χ3v) is 6.62. The van der Waals surface area contributed by atoms with E-state index in [-0.39, 0.29) is 18.0 Å². The molecule has 0 aromatic heterocycles. The Morgan fingerprint density at radius 2 is 1.71 bits per heavy atom. The number of hydrogen-bond acceptors (Lipinski definition) is 5. The normalized spacial score (nSPS) is 15.9. The second kappa shape index (κ2) is 9.21. The van der Waals surface area contributed by atoms with Crippen molar-refractivity contribution in [2.24, 2.45) is 4.99 Å². The summed E-state index contributed by atoms with van der Waals surface area (Å²) in [7, 11) is -4.77. The van der Waals surface area contributed by atoms with E-state index in [1.165, 1.54) is 18.2 Å². The number of nitrogens with one attached hydrogen (secondary N) is 1. The first-order valence-corrected chi connectivity index (χ1v) is 12.0. The minimum absolute atomic E-state index is 0.114. The number of rotatable bonds is 7. The van der Waals surface area contributed by atoms with Crippen LogP contribution in [-0.4, -0.2) is 42.7 Å². The topological polar surface area (TPSA) is 95.9 Å². The zero-order valence-corrected chi connectivity index (χ0v) is 19.6. The fourth-order valence-electron chi connectivity index (χ4n) is 3.60. The van der Waals surface area contributed by atoms with Crippen molar-refractivity contribution in [3.63, 3.8) is 0 Å². The predicted octanol–water partition coefficient (Wildman–Crippen LogP) is 4.04. The van der Waals surface area contributed by atoms with E-state index in [0.29, 0.717) is 17.8 Å². The number of alkyl halides is 3. The molecule has 2 aromatic rings. The second-order valence-corrected chi connectivity index (χ2v) is 10.0. The Kier molecular flexibility index (Phi) is 6.88. The number of carbonyl (C=O) groups is 2. The lowest BCUT2D eigenvalue weighted by molar-refractivity contribution is -0.171. The van der Waals surface area contributed by atoms with Gasteiger partial charge >= 0.3 is 12.1 Å². The number of sulfonamides is 1. The van der Waals surface area contributed by atoms with E-state index in [9.17, 15) is 31.2 Å². The molecule has 2 aromatic carbocycles. The van der Waals surface area contributed by atoms with Crippen LogP contribution < -0.4 is 4.72 Å². The van der Waals surface area contributed by atoms with Crippen LogP contribution in [-0.2, 0) is 26.2 Å². The van der Waals surface area contributed by atoms with Crippen molar-refractivity contribution < 1.29 is 31.2 Å². The van der Waals surface area contributed by atoms with E-state index in [1.807, 2.05) is 6.92 Å². The maximum absolute atomic E-state index is 12.7. The van der Waals surface area contributed by atoms with E-state index in [4.69, 9.17) is 0 Å². The van der Waals surface area contributed by atoms with Gasteiger partial charge in [0.05, 0.1) is 11.4 Å². The van der Waals surface area contributed by atoms with Gasteiger partial charge < -0.3 is 0 Å². The van der Waals surface area contributed by atoms with Crippen LogP contribution in [0.5, 0.6) is 0 Å². The first kappa shape index (κ1) is 25.4. The van der Waals surface area contributed by atoms with Gasteiger partial charge in [-0.05, 0) is 37.5 Å². The van der Waals surface area contributed by atoms with Crippen LogP contribution >= 0.6 is 0 Å². The quantitative estimate of drug-likeness (QED) is 0.627. The van der Waals surface area contributed by atoms with Gasteiger partial charge in [-0.1, -0.05) is 49.4 Å². The Hall–Kier alpha value is -3.21. The molecule has 0 saturated carbocycles. The van der Waals surface area contributed by atoms with Crippen molar-refractivity contribution in [1.29, 1.82) is 0 Å². The Morgan fingerprint density at radius 3 is 2.29 bits per heavy atom. The fourth-order valence-corrected chi connectivity index (χ4v) is 4.81. The van der Waals surface area contributed by atoms with Gasteiger partial charge in [-0.2, -0.15) is 13.2 Å². The highest BCUT2D eigenvalue weighted by Gasteiger charge is 2.42. The molecule has 0 bridgehead atoms. The Bertz CT molecular complexity index is 1240. The molecule has 3 rings (SSSR count). The number of nitrogens with zero attached hydrogens (tertiary/aromatic N) is 2. The summed E-state index contributed by atoms with van der Waals surface area (Å²) in [5, 5.41) is 0. The van der Waals surface area contributed by atoms with Crippen LogP contribution in [0.25, 0.3) is 11.1 Å². The van der Waals surface area contributed by atoms with Crippen LogP contribution in [0.15, 0.2) is 58.4 Å². The van der Waals surface area contributed by atoms with E-state index < -0.39 is 32.5 Å². The summed E-state index contributed by atoms with van der Waals surface area (Å²) in [6.45, 7) is 5.78. The first-order chi connectivity index (χ1) is 15.8. The Morgan fingerprint density at radius 1 is 1.09 bits per heavy atom. The molecule has 0 atom stereocenters. The number of amidine groups is 1. The van der Waals surface area contributed by atoms with Gasteiger partial charge in [0.1, 0.15) is 11.4 Å². The van der Waals surface area contributed by atoms with Crippen molar-refractivity contribution in [2.75, 3.05) is 0 Å². The fraction of sp³-hybridized carbons (Fsp3) is 0.348. The molecular weight excluding hydrogens is 471 g/mol. The predicted molar refractivity (Wildman–Crippen MR) is 120 cm³/mol. The molecule has 1 N–H and O–H groups in total. The standard InChI is InChI=1S/C23H24F3N3O4S/c1-4-7-19-27-22(2,3)21(31)29(19)14-15-10-12-16(13-11-15)17-8-5-6-9-18(17)34(32,33)28-20(30)23(24,25)26/h5-6,8-13H,4,7,14H2,1-3H3,(H,28,30). The van der Waals surface area contributed by atoms with Gasteiger partial charge in [-0.15, -0.1) is 0 Å². The van der Waals surface area contributed by atoms with E-state index in [0.717, 1.165) is 22.8 Å². The van der Waals surface area contributed by atoms with Crippen molar-refractivity contribution in [1.82, 2.24) is 9.62 Å². The molecule has 34 heavy (non-hydrogen) atoms. The van der Waals surface area contributed by atoms with Gasteiger partial charge in [0.2, 0.25) is 0 Å². The molecule has 1 aliphatic rings. The number of aliphatic imine (C=N–C) groups is 1. The minimum atomic E-state index is -5.34. The molecule has 0 spiro atoms. The lowest BCUT2D eigenvalue weighted by Gasteiger charge is -2.21. The largest absolute Gasteiger partial charge is 0.472 e. The van der Waals surface area contributed by atoms with Crippen molar-refractivity contribution in [2.45, 2.75) is 56.8 Å². The maximum Gasteiger partial charge on any atom is 0.472 e. The Balaban J connectivity index is 1.87. The third-order valence-electron chi connectivity index (χ3n) is 5.23. The summed E-state index contributed by atoms with van der Waals surface area (Å²) in [5.41, 5.74) is 0.477. The maximum atomic E-state index is 12.7. The third kappa shape index (κ3) is 5.30. The SMILES string of the molecule is CCCC1=NC(C)(C)C(=O)N1Cc1ccc(-c2ccccc2S(=O)(=O)NC(=O)C(F)(F)F)cc1. The number of halogens is 3. The van der Waals surface area contributed by atoms with Gasteiger partial charge in [-0.25, -0.2) is 13.1 Å². The van der Waals surface area contributed by atoms with Crippen LogP contribution in [0, 0.1) is 0 Å². The van der Waals surface area contributed by atoms with Crippen LogP contribution in [0.1, 0.15) is 39.2 Å². The van der Waals surface area contributed by atoms with Crippen molar-refractivity contribution in [3.05, 3.63) is 54.1 Å². The molecular formula is C23H24F3N3O4S. The second-order valence-electron chi connectivity index (χ2n) is 8.35. The van der Waals surface area contributed by atoms with E-state index in [1.54, 1.807) is 43.0 Å². The van der Waals surface area contributed by atoms with Gasteiger partial charge in [0.25, 0.3) is 15.9 Å².